The highest BCUT2D eigenvalue weighted by Crippen LogP contribution is 2.64. The largest absolute Gasteiger partial charge is 0.465 e. The van der Waals surface area contributed by atoms with E-state index < -0.39 is 11.6 Å². The van der Waals surface area contributed by atoms with Crippen LogP contribution in [0.2, 0.25) is 0 Å². The van der Waals surface area contributed by atoms with E-state index in [9.17, 15) is 4.79 Å². The van der Waals surface area contributed by atoms with Gasteiger partial charge in [-0.15, -0.1) is 0 Å². The first-order valence-electron chi connectivity index (χ1n) is 10.9. The fourth-order valence-electron chi connectivity index (χ4n) is 6.51. The van der Waals surface area contributed by atoms with Crippen LogP contribution >= 0.6 is 0 Å². The van der Waals surface area contributed by atoms with E-state index in [2.05, 4.69) is 0 Å². The van der Waals surface area contributed by atoms with E-state index >= 15 is 0 Å². The lowest BCUT2D eigenvalue weighted by Gasteiger charge is -2.57. The van der Waals surface area contributed by atoms with Crippen molar-refractivity contribution in [2.24, 2.45) is 23.7 Å². The van der Waals surface area contributed by atoms with Crippen molar-refractivity contribution >= 4 is 5.97 Å². The van der Waals surface area contributed by atoms with Gasteiger partial charge in [0, 0.05) is 23.0 Å². The van der Waals surface area contributed by atoms with Crippen molar-refractivity contribution in [3.63, 3.8) is 0 Å². The standard InChI is InChI=1S/C25H26O5/c1-27-23(26)18-7-9-20(10-8-18)24(19-5-3-2-4-6-19)28-25(30-29-24)21-12-16-11-17(14-21)15-22(25)13-16/h2-10,16-17,21-22H,11-15H2,1H3. The van der Waals surface area contributed by atoms with E-state index in [0.717, 1.165) is 48.6 Å². The molecule has 0 aromatic heterocycles. The number of hydrogen-bond acceptors (Lipinski definition) is 5. The molecule has 0 radical (unpaired) electrons. The molecule has 5 fully saturated rings. The third kappa shape index (κ3) is 2.55. The molecule has 4 saturated carbocycles. The number of carbonyl (C=O) groups is 1. The van der Waals surface area contributed by atoms with Crippen LogP contribution in [0.3, 0.4) is 0 Å². The van der Waals surface area contributed by atoms with Gasteiger partial charge in [0.05, 0.1) is 12.7 Å². The second-order valence-corrected chi connectivity index (χ2v) is 9.35. The Kier molecular flexibility index (Phi) is 4.11. The Morgan fingerprint density at radius 2 is 1.43 bits per heavy atom. The van der Waals surface area contributed by atoms with Gasteiger partial charge in [-0.25, -0.2) is 4.79 Å². The lowest BCUT2D eigenvalue weighted by atomic mass is 9.53. The highest BCUT2D eigenvalue weighted by atomic mass is 17.3. The molecular formula is C25H26O5. The van der Waals surface area contributed by atoms with Gasteiger partial charge in [0.15, 0.2) is 0 Å². The minimum Gasteiger partial charge on any atom is -0.465 e. The zero-order valence-corrected chi connectivity index (χ0v) is 17.1. The molecule has 1 saturated heterocycles. The molecule has 1 atom stereocenters. The Bertz CT molecular complexity index is 925. The molecule has 2 aromatic carbocycles. The average molecular weight is 406 g/mol. The monoisotopic (exact) mass is 406 g/mol. The Balaban J connectivity index is 1.42. The number of hydrogen-bond donors (Lipinski definition) is 0. The SMILES string of the molecule is COC(=O)c1ccc(C2(c3ccccc3)OOC3(O2)C2CC4CC(C2)CC3C4)cc1. The first-order valence-corrected chi connectivity index (χ1v) is 10.9. The molecule has 1 spiro atoms. The van der Waals surface area contributed by atoms with Crippen molar-refractivity contribution < 1.29 is 24.0 Å². The smallest absolute Gasteiger partial charge is 0.337 e. The van der Waals surface area contributed by atoms with Gasteiger partial charge in [0.25, 0.3) is 5.79 Å². The summed E-state index contributed by atoms with van der Waals surface area (Å²) in [5.74, 6) is 0.141. The highest BCUT2D eigenvalue weighted by Gasteiger charge is 2.67. The predicted octanol–water partition coefficient (Wildman–Crippen LogP) is 4.81. The maximum atomic E-state index is 11.9. The maximum absolute atomic E-state index is 11.9. The van der Waals surface area contributed by atoms with Gasteiger partial charge in [-0.1, -0.05) is 42.5 Å². The number of esters is 1. The fourth-order valence-corrected chi connectivity index (χ4v) is 6.51. The molecule has 0 N–H and O–H groups in total. The molecule has 1 unspecified atom stereocenters. The predicted molar refractivity (Wildman–Crippen MR) is 108 cm³/mol. The summed E-state index contributed by atoms with van der Waals surface area (Å²) in [6, 6.07) is 17.2. The number of methoxy groups -OCH3 is 1. The van der Waals surface area contributed by atoms with Gasteiger partial charge in [0.2, 0.25) is 5.79 Å². The average Bonchev–Trinajstić information content (AvgIpc) is 3.20. The fraction of sp³-hybridized carbons (Fsp3) is 0.480. The first kappa shape index (κ1) is 18.6. The van der Waals surface area contributed by atoms with Gasteiger partial charge in [-0.3, -0.25) is 0 Å². The molecule has 7 rings (SSSR count). The number of ether oxygens (including phenoxy) is 2. The van der Waals surface area contributed by atoms with E-state index in [1.807, 2.05) is 42.5 Å². The maximum Gasteiger partial charge on any atom is 0.337 e. The zero-order chi connectivity index (χ0) is 20.3. The normalized spacial score (nSPS) is 38.8. The summed E-state index contributed by atoms with van der Waals surface area (Å²) in [6.45, 7) is 0. The van der Waals surface area contributed by atoms with Crippen LogP contribution in [0.1, 0.15) is 53.6 Å². The molecule has 5 nitrogen and oxygen atoms in total. The van der Waals surface area contributed by atoms with Crippen LogP contribution < -0.4 is 0 Å². The third-order valence-electron chi connectivity index (χ3n) is 7.71. The Morgan fingerprint density at radius 1 is 0.833 bits per heavy atom. The molecule has 5 heteroatoms. The van der Waals surface area contributed by atoms with E-state index in [1.54, 1.807) is 12.1 Å². The second-order valence-electron chi connectivity index (χ2n) is 9.35. The Hall–Kier alpha value is -2.21. The van der Waals surface area contributed by atoms with Crippen LogP contribution in [0.5, 0.6) is 0 Å². The van der Waals surface area contributed by atoms with Crippen molar-refractivity contribution in [1.29, 1.82) is 0 Å². The first-order chi connectivity index (χ1) is 14.6. The lowest BCUT2D eigenvalue weighted by Crippen LogP contribution is -2.59. The van der Waals surface area contributed by atoms with Crippen LogP contribution in [0.4, 0.5) is 0 Å². The molecule has 2 aromatic rings. The minimum atomic E-state index is -1.15. The number of carbonyl (C=O) groups excluding carboxylic acids is 1. The Morgan fingerprint density at radius 3 is 2.03 bits per heavy atom. The van der Waals surface area contributed by atoms with E-state index in [1.165, 1.54) is 13.5 Å². The summed E-state index contributed by atoms with van der Waals surface area (Å²) in [4.78, 5) is 24.3. The third-order valence-corrected chi connectivity index (χ3v) is 7.71. The summed E-state index contributed by atoms with van der Waals surface area (Å²) >= 11 is 0. The van der Waals surface area contributed by atoms with Gasteiger partial charge >= 0.3 is 5.97 Å². The van der Waals surface area contributed by atoms with Crippen molar-refractivity contribution in [3.05, 3.63) is 71.3 Å². The molecule has 5 aliphatic rings. The summed E-state index contributed by atoms with van der Waals surface area (Å²) < 4.78 is 11.8. The summed E-state index contributed by atoms with van der Waals surface area (Å²) in [5, 5.41) is 0. The molecule has 4 aliphatic carbocycles. The van der Waals surface area contributed by atoms with E-state index in [0.29, 0.717) is 17.4 Å². The molecule has 0 amide bonds. The Labute approximate surface area is 176 Å². The topological polar surface area (TPSA) is 54.0 Å². The van der Waals surface area contributed by atoms with Gasteiger partial charge in [0.1, 0.15) is 0 Å². The lowest BCUT2D eigenvalue weighted by molar-refractivity contribution is -0.387. The molecule has 4 bridgehead atoms. The van der Waals surface area contributed by atoms with Gasteiger partial charge in [-0.2, -0.15) is 9.78 Å². The molecule has 156 valence electrons. The molecule has 1 heterocycles. The van der Waals surface area contributed by atoms with Crippen LogP contribution in [0.25, 0.3) is 0 Å². The second kappa shape index (κ2) is 6.64. The molecule has 30 heavy (non-hydrogen) atoms. The summed E-state index contributed by atoms with van der Waals surface area (Å²) in [5.41, 5.74) is 2.20. The van der Waals surface area contributed by atoms with Gasteiger partial charge in [-0.05, 0) is 56.1 Å². The summed E-state index contributed by atoms with van der Waals surface area (Å²) in [7, 11) is 1.38. The van der Waals surface area contributed by atoms with Crippen molar-refractivity contribution in [2.45, 2.75) is 43.7 Å². The highest BCUT2D eigenvalue weighted by molar-refractivity contribution is 5.89. The van der Waals surface area contributed by atoms with E-state index in [-0.39, 0.29) is 5.97 Å². The van der Waals surface area contributed by atoms with Crippen LogP contribution in [-0.4, -0.2) is 18.9 Å². The quantitative estimate of drug-likeness (QED) is 0.541. The number of rotatable bonds is 3. The summed E-state index contributed by atoms with van der Waals surface area (Å²) in [6.07, 6.45) is 5.98. The van der Waals surface area contributed by atoms with Crippen molar-refractivity contribution in [3.8, 4) is 0 Å². The minimum absolute atomic E-state index is 0.364. The van der Waals surface area contributed by atoms with Crippen molar-refractivity contribution in [2.75, 3.05) is 7.11 Å². The van der Waals surface area contributed by atoms with E-state index in [4.69, 9.17) is 19.2 Å². The molecule has 1 aliphatic heterocycles. The van der Waals surface area contributed by atoms with Gasteiger partial charge < -0.3 is 9.47 Å². The van der Waals surface area contributed by atoms with Crippen LogP contribution in [0, 0.1) is 23.7 Å². The van der Waals surface area contributed by atoms with Crippen LogP contribution in [0.15, 0.2) is 54.6 Å². The molecular weight excluding hydrogens is 380 g/mol. The zero-order valence-electron chi connectivity index (χ0n) is 17.1. The van der Waals surface area contributed by atoms with Crippen LogP contribution in [-0.2, 0) is 25.0 Å². The van der Waals surface area contributed by atoms with Crippen molar-refractivity contribution in [1.82, 2.24) is 0 Å². The number of benzene rings is 2.